The average molecular weight is 593 g/mol. The third-order valence-corrected chi connectivity index (χ3v) is 7.27. The topological polar surface area (TPSA) is 285 Å². The predicted octanol–water partition coefficient (Wildman–Crippen LogP) is -4.73. The van der Waals surface area contributed by atoms with E-state index in [4.69, 9.17) is 18.5 Å². The number of ether oxygens (including phenoxy) is 2. The van der Waals surface area contributed by atoms with E-state index in [1.807, 2.05) is 9.97 Å². The van der Waals surface area contributed by atoms with Crippen LogP contribution in [0.1, 0.15) is 23.6 Å². The van der Waals surface area contributed by atoms with E-state index in [0.29, 0.717) is 4.57 Å². The van der Waals surface area contributed by atoms with Crippen molar-refractivity contribution in [3.8, 4) is 0 Å². The van der Waals surface area contributed by atoms with Crippen LogP contribution in [0.25, 0.3) is 0 Å². The summed E-state index contributed by atoms with van der Waals surface area (Å²) in [6.07, 6.45) is -13.3. The molecule has 20 heteroatoms. The standard InChI is InChI=1S/C20H25N4O15P/c1-6-3-23(18(32)21-13(6)29)15-10(27)9(26)11(37-15)17(31)38-40(35)39-20(34)8(5-25)36-16(12(20)28)24-4-7(2)14(30)22-19(24)33/h3-4,8-12,15-17,25-28,31,34H,5H2,1-2H3,(H-,21,22,29,30,32,33)/p+1/t8-,9?,10?,11+,12?,15-,16-,17?,20?/m1/s1. The minimum Gasteiger partial charge on any atom is -0.393 e. The molecule has 4 rings (SSSR count). The maximum Gasteiger partial charge on any atom is 0.703 e. The highest BCUT2D eigenvalue weighted by Gasteiger charge is 2.63. The van der Waals surface area contributed by atoms with Crippen LogP contribution in [0, 0.1) is 13.8 Å². The molecule has 40 heavy (non-hydrogen) atoms. The zero-order valence-electron chi connectivity index (χ0n) is 20.7. The van der Waals surface area contributed by atoms with E-state index in [1.165, 1.54) is 13.8 Å². The lowest BCUT2D eigenvalue weighted by atomic mass is 10.1. The Hall–Kier alpha value is -2.94. The maximum absolute atomic E-state index is 12.6. The average Bonchev–Trinajstić information content (AvgIpc) is 3.31. The fourth-order valence-corrected chi connectivity index (χ4v) is 5.03. The maximum atomic E-state index is 12.6. The zero-order valence-corrected chi connectivity index (χ0v) is 21.6. The van der Waals surface area contributed by atoms with E-state index < -0.39 is 92.4 Å². The van der Waals surface area contributed by atoms with Crippen molar-refractivity contribution >= 4 is 8.25 Å². The van der Waals surface area contributed by atoms with Gasteiger partial charge in [0.25, 0.3) is 16.9 Å². The van der Waals surface area contributed by atoms with Crippen LogP contribution in [-0.2, 0) is 23.1 Å². The molecule has 2 aromatic rings. The van der Waals surface area contributed by atoms with Gasteiger partial charge in [-0.2, -0.15) is 0 Å². The van der Waals surface area contributed by atoms with Crippen LogP contribution in [0.15, 0.2) is 31.6 Å². The van der Waals surface area contributed by atoms with Gasteiger partial charge in [0.05, 0.1) is 6.61 Å². The molecular formula is C20H26N4O15P+. The molecule has 0 spiro atoms. The number of nitrogens with one attached hydrogen (secondary N) is 2. The highest BCUT2D eigenvalue weighted by molar-refractivity contribution is 7.33. The lowest BCUT2D eigenvalue weighted by Gasteiger charge is -2.24. The molecule has 0 aliphatic carbocycles. The van der Waals surface area contributed by atoms with Crippen LogP contribution in [-0.4, -0.2) is 98.9 Å². The fourth-order valence-electron chi connectivity index (χ4n) is 4.23. The molecule has 0 saturated carbocycles. The van der Waals surface area contributed by atoms with Gasteiger partial charge in [0.2, 0.25) is 6.29 Å². The molecule has 220 valence electrons. The van der Waals surface area contributed by atoms with Gasteiger partial charge in [0.1, 0.15) is 24.4 Å². The Balaban J connectivity index is 1.49. The van der Waals surface area contributed by atoms with Crippen LogP contribution in [0.3, 0.4) is 0 Å². The fraction of sp³-hybridized carbons (Fsp3) is 0.600. The molecule has 8 N–H and O–H groups in total. The third-order valence-electron chi connectivity index (χ3n) is 6.44. The summed E-state index contributed by atoms with van der Waals surface area (Å²) < 4.78 is 34.3. The van der Waals surface area contributed by atoms with Crippen molar-refractivity contribution < 1.29 is 53.7 Å². The lowest BCUT2D eigenvalue weighted by molar-refractivity contribution is -0.224. The highest BCUT2D eigenvalue weighted by Crippen LogP contribution is 2.44. The van der Waals surface area contributed by atoms with Crippen molar-refractivity contribution in [2.24, 2.45) is 0 Å². The predicted molar refractivity (Wildman–Crippen MR) is 126 cm³/mol. The third kappa shape index (κ3) is 5.24. The molecule has 0 aromatic carbocycles. The Bertz CT molecular complexity index is 1520. The van der Waals surface area contributed by atoms with E-state index in [1.54, 1.807) is 0 Å². The van der Waals surface area contributed by atoms with Gasteiger partial charge >= 0.3 is 19.6 Å². The minimum atomic E-state index is -3.61. The van der Waals surface area contributed by atoms with Crippen molar-refractivity contribution in [2.45, 2.75) is 68.9 Å². The largest absolute Gasteiger partial charge is 0.703 e. The quantitative estimate of drug-likeness (QED) is 0.105. The van der Waals surface area contributed by atoms with Crippen LogP contribution in [0.2, 0.25) is 0 Å². The minimum absolute atomic E-state index is 0.0275. The van der Waals surface area contributed by atoms with Crippen molar-refractivity contribution in [3.05, 3.63) is 65.2 Å². The molecule has 2 saturated heterocycles. The first kappa shape index (κ1) is 30.0. The molecule has 6 unspecified atom stereocenters. The molecule has 0 amide bonds. The van der Waals surface area contributed by atoms with E-state index >= 15 is 0 Å². The number of aliphatic hydroxyl groups excluding tert-OH is 5. The van der Waals surface area contributed by atoms with E-state index in [-0.39, 0.29) is 11.1 Å². The molecule has 19 nitrogen and oxygen atoms in total. The first-order chi connectivity index (χ1) is 18.7. The summed E-state index contributed by atoms with van der Waals surface area (Å²) >= 11 is 0. The molecule has 2 aromatic heterocycles. The number of aromatic nitrogens is 4. The number of aryl methyl sites for hydroxylation is 2. The van der Waals surface area contributed by atoms with Crippen LogP contribution in [0.5, 0.6) is 0 Å². The van der Waals surface area contributed by atoms with Gasteiger partial charge in [0.15, 0.2) is 18.6 Å². The van der Waals surface area contributed by atoms with E-state index in [2.05, 4.69) is 0 Å². The number of rotatable bonds is 8. The second-order valence-corrected chi connectivity index (χ2v) is 9.98. The molecule has 2 fully saturated rings. The summed E-state index contributed by atoms with van der Waals surface area (Å²) in [6.45, 7) is 1.66. The van der Waals surface area contributed by atoms with Gasteiger partial charge in [0, 0.05) is 28.1 Å². The smallest absolute Gasteiger partial charge is 0.393 e. The van der Waals surface area contributed by atoms with Crippen LogP contribution >= 0.6 is 8.25 Å². The summed E-state index contributed by atoms with van der Waals surface area (Å²) in [7, 11) is -3.61. The number of H-pyrrole nitrogens is 2. The SMILES string of the molecule is Cc1cn([C@@H]2O[C@H](C(O)O[P+](=O)OC3(O)C(O)[C@H](n4cc(C)c(=O)[nH]c4=O)O[C@@H]3CO)C(O)C2O)c(=O)[nH]c1=O. The number of nitrogens with zero attached hydrogens (tertiary/aromatic N) is 2. The molecular weight excluding hydrogens is 567 g/mol. The van der Waals surface area contributed by atoms with Crippen molar-refractivity contribution in [3.63, 3.8) is 0 Å². The Morgan fingerprint density at radius 2 is 1.50 bits per heavy atom. The molecule has 2 aliphatic rings. The van der Waals surface area contributed by atoms with Gasteiger partial charge in [-0.05, 0) is 13.8 Å². The summed E-state index contributed by atoms with van der Waals surface area (Å²) in [5.41, 5.74) is -3.40. The Morgan fingerprint density at radius 1 is 0.975 bits per heavy atom. The Kier molecular flexibility index (Phi) is 8.37. The van der Waals surface area contributed by atoms with E-state index in [9.17, 15) is 54.4 Å². The number of hydrogen-bond acceptors (Lipinski definition) is 15. The summed E-state index contributed by atoms with van der Waals surface area (Å²) in [4.78, 5) is 51.5. The van der Waals surface area contributed by atoms with E-state index in [0.717, 1.165) is 17.0 Å². The van der Waals surface area contributed by atoms with Crippen LogP contribution < -0.4 is 22.5 Å². The second-order valence-electron chi connectivity index (χ2n) is 9.14. The lowest BCUT2D eigenvalue weighted by Crippen LogP contribution is -2.50. The Labute approximate surface area is 222 Å². The number of aliphatic hydroxyl groups is 6. The molecule has 10 atom stereocenters. The summed E-state index contributed by atoms with van der Waals surface area (Å²) in [5.74, 6) is -2.99. The van der Waals surface area contributed by atoms with Gasteiger partial charge in [-0.1, -0.05) is 9.05 Å². The van der Waals surface area contributed by atoms with Gasteiger partial charge in [-0.15, -0.1) is 0 Å². The molecule has 4 heterocycles. The first-order valence-corrected chi connectivity index (χ1v) is 12.6. The Morgan fingerprint density at radius 3 is 2.02 bits per heavy atom. The molecule has 0 radical (unpaired) electrons. The van der Waals surface area contributed by atoms with Crippen LogP contribution in [0.4, 0.5) is 0 Å². The van der Waals surface area contributed by atoms with Crippen molar-refractivity contribution in [2.75, 3.05) is 6.61 Å². The first-order valence-electron chi connectivity index (χ1n) is 11.5. The highest BCUT2D eigenvalue weighted by atomic mass is 31.1. The van der Waals surface area contributed by atoms with Crippen molar-refractivity contribution in [1.82, 2.24) is 19.1 Å². The molecule has 2 aliphatic heterocycles. The number of aromatic amines is 2. The summed E-state index contributed by atoms with van der Waals surface area (Å²) in [6, 6.07) is 0. The summed E-state index contributed by atoms with van der Waals surface area (Å²) in [5, 5.41) is 62.3. The monoisotopic (exact) mass is 593 g/mol. The van der Waals surface area contributed by atoms with Crippen molar-refractivity contribution in [1.29, 1.82) is 0 Å². The second kappa shape index (κ2) is 11.1. The normalized spacial score (nSPS) is 33.3. The van der Waals surface area contributed by atoms with Gasteiger partial charge in [-0.25, -0.2) is 9.59 Å². The van der Waals surface area contributed by atoms with Gasteiger partial charge in [-0.3, -0.25) is 28.7 Å². The zero-order chi connectivity index (χ0) is 29.7. The molecule has 0 bridgehead atoms. The number of hydrogen-bond donors (Lipinski definition) is 8. The van der Waals surface area contributed by atoms with Gasteiger partial charge < -0.3 is 40.1 Å².